The summed E-state index contributed by atoms with van der Waals surface area (Å²) >= 11 is 0. The minimum atomic E-state index is -1.55. The lowest BCUT2D eigenvalue weighted by Gasteiger charge is -2.35. The molecule has 0 nitrogen and oxygen atoms in total. The molecule has 2 rings (SSSR count). The van der Waals surface area contributed by atoms with Gasteiger partial charge in [0.1, 0.15) is 0 Å². The van der Waals surface area contributed by atoms with Gasteiger partial charge in [-0.05, 0) is 12.3 Å². The summed E-state index contributed by atoms with van der Waals surface area (Å²) in [6, 6.07) is 12.4. The zero-order chi connectivity index (χ0) is 13.9. The smallest absolute Gasteiger partial charge is 0.0757 e. The molecule has 0 aromatic heterocycles. The van der Waals surface area contributed by atoms with Crippen LogP contribution in [0.15, 0.2) is 54.1 Å². The average Bonchev–Trinajstić information content (AvgIpc) is 2.96. The molecule has 2 atom stereocenters. The van der Waals surface area contributed by atoms with Crippen molar-refractivity contribution in [1.82, 2.24) is 0 Å². The fourth-order valence-corrected chi connectivity index (χ4v) is 6.40. The molecule has 1 heteroatoms. The van der Waals surface area contributed by atoms with Crippen LogP contribution in [0.5, 0.6) is 0 Å². The van der Waals surface area contributed by atoms with Gasteiger partial charge < -0.3 is 0 Å². The maximum absolute atomic E-state index is 2.52. The second-order valence-corrected chi connectivity index (χ2v) is 10.2. The second kappa shape index (κ2) is 5.92. The number of hydrogen-bond acceptors (Lipinski definition) is 0. The largest absolute Gasteiger partial charge is 0.0989 e. The number of benzene rings is 1. The van der Waals surface area contributed by atoms with Gasteiger partial charge in [-0.3, -0.25) is 0 Å². The average molecular weight is 269 g/mol. The van der Waals surface area contributed by atoms with E-state index in [1.807, 2.05) is 0 Å². The summed E-state index contributed by atoms with van der Waals surface area (Å²) in [7, 11) is -1.55. The first-order chi connectivity index (χ1) is 9.13. The first kappa shape index (κ1) is 14.3. The van der Waals surface area contributed by atoms with Crippen molar-refractivity contribution in [3.63, 3.8) is 0 Å². The van der Waals surface area contributed by atoms with Crippen molar-refractivity contribution >= 4 is 13.3 Å². The van der Waals surface area contributed by atoms with E-state index in [9.17, 15) is 0 Å². The Morgan fingerprint density at radius 2 is 1.79 bits per heavy atom. The van der Waals surface area contributed by atoms with Crippen LogP contribution in [0.4, 0.5) is 0 Å². The van der Waals surface area contributed by atoms with E-state index >= 15 is 0 Å². The van der Waals surface area contributed by atoms with Crippen LogP contribution >= 0.6 is 0 Å². The maximum atomic E-state index is 2.52. The Morgan fingerprint density at radius 3 is 2.37 bits per heavy atom. The minimum Gasteiger partial charge on any atom is -0.0757 e. The predicted molar refractivity (Wildman–Crippen MR) is 88.1 cm³/mol. The van der Waals surface area contributed by atoms with Crippen molar-refractivity contribution in [2.45, 2.75) is 39.8 Å². The van der Waals surface area contributed by atoms with Gasteiger partial charge in [-0.1, -0.05) is 92.7 Å². The zero-order valence-corrected chi connectivity index (χ0v) is 13.6. The molecule has 0 N–H and O–H groups in total. The van der Waals surface area contributed by atoms with Crippen molar-refractivity contribution in [1.29, 1.82) is 0 Å². The van der Waals surface area contributed by atoms with Crippen LogP contribution in [0.3, 0.4) is 0 Å². The van der Waals surface area contributed by atoms with E-state index in [1.54, 1.807) is 16.3 Å². The van der Waals surface area contributed by atoms with Gasteiger partial charge in [0.25, 0.3) is 0 Å². The van der Waals surface area contributed by atoms with Gasteiger partial charge in [0, 0.05) is 5.54 Å². The molecule has 101 valence electrons. The first-order valence-corrected chi connectivity index (χ1v) is 10.2. The molecule has 19 heavy (non-hydrogen) atoms. The van der Waals surface area contributed by atoms with Crippen molar-refractivity contribution in [3.8, 4) is 0 Å². The second-order valence-electron chi connectivity index (χ2n) is 5.76. The van der Waals surface area contributed by atoms with E-state index in [4.69, 9.17) is 0 Å². The Morgan fingerprint density at radius 1 is 1.11 bits per heavy atom. The Bertz CT molecular complexity index is 472. The fourth-order valence-electron chi connectivity index (χ4n) is 2.94. The predicted octanol–water partition coefficient (Wildman–Crippen LogP) is 4.65. The van der Waals surface area contributed by atoms with Crippen molar-refractivity contribution in [2.75, 3.05) is 0 Å². The van der Waals surface area contributed by atoms with E-state index in [0.29, 0.717) is 5.92 Å². The van der Waals surface area contributed by atoms with E-state index < -0.39 is 8.07 Å². The lowest BCUT2D eigenvalue weighted by molar-refractivity contribution is 0.660. The summed E-state index contributed by atoms with van der Waals surface area (Å²) in [5.74, 6) is 0.673. The third-order valence-electron chi connectivity index (χ3n) is 4.71. The van der Waals surface area contributed by atoms with Crippen molar-refractivity contribution in [3.05, 3.63) is 59.7 Å². The Hall–Kier alpha value is -1.08. The van der Waals surface area contributed by atoms with Crippen molar-refractivity contribution in [2.24, 2.45) is 5.92 Å². The van der Waals surface area contributed by atoms with Crippen LogP contribution in [0.1, 0.15) is 27.2 Å². The van der Waals surface area contributed by atoms with Gasteiger partial charge in [0.05, 0.1) is 8.07 Å². The lowest BCUT2D eigenvalue weighted by atomic mass is 9.97. The van der Waals surface area contributed by atoms with Gasteiger partial charge in [-0.25, -0.2) is 0 Å². The van der Waals surface area contributed by atoms with Gasteiger partial charge in [0.2, 0.25) is 0 Å². The molecule has 2 unspecified atom stereocenters. The molecule has 1 aliphatic rings. The highest BCUT2D eigenvalue weighted by Gasteiger charge is 2.39. The van der Waals surface area contributed by atoms with Gasteiger partial charge in [-0.2, -0.15) is 0 Å². The maximum Gasteiger partial charge on any atom is 0.0989 e. The lowest BCUT2D eigenvalue weighted by Crippen LogP contribution is -2.50. The van der Waals surface area contributed by atoms with E-state index in [2.05, 4.69) is 75.9 Å². The zero-order valence-electron chi connectivity index (χ0n) is 12.6. The molecule has 0 spiro atoms. The van der Waals surface area contributed by atoms with Crippen LogP contribution in [0.25, 0.3) is 0 Å². The van der Waals surface area contributed by atoms with Crippen molar-refractivity contribution < 1.29 is 0 Å². The monoisotopic (exact) mass is 269 g/mol. The quantitative estimate of drug-likeness (QED) is 0.683. The highest BCUT2D eigenvalue weighted by atomic mass is 28.3. The summed E-state index contributed by atoms with van der Waals surface area (Å²) in [5.41, 5.74) is 3.23. The van der Waals surface area contributed by atoms with E-state index in [0.717, 1.165) is 0 Å². The van der Waals surface area contributed by atoms with Crippen LogP contribution in [0.2, 0.25) is 12.6 Å². The van der Waals surface area contributed by atoms with E-state index in [-0.39, 0.29) is 0 Å². The molecule has 1 radical (unpaired) electrons. The third kappa shape index (κ3) is 2.62. The first-order valence-electron chi connectivity index (χ1n) is 7.45. The van der Waals surface area contributed by atoms with Crippen LogP contribution < -0.4 is 5.19 Å². The number of allylic oxidation sites excluding steroid dienone is 4. The Kier molecular flexibility index (Phi) is 4.46. The fraction of sp³-hybridized carbons (Fsp3) is 0.389. The molecule has 0 saturated carbocycles. The summed E-state index contributed by atoms with van der Waals surface area (Å²) in [6.07, 6.45) is 8.19. The topological polar surface area (TPSA) is 0 Å². The molecule has 0 saturated heterocycles. The third-order valence-corrected chi connectivity index (χ3v) is 9.37. The van der Waals surface area contributed by atoms with Gasteiger partial charge in [-0.15, -0.1) is 0 Å². The van der Waals surface area contributed by atoms with Crippen LogP contribution in [-0.2, 0) is 0 Å². The molecular formula is C18H25Si. The summed E-state index contributed by atoms with van der Waals surface area (Å²) in [5, 5.41) is 1.56. The van der Waals surface area contributed by atoms with Crippen LogP contribution in [-0.4, -0.2) is 8.07 Å². The normalized spacial score (nSPS) is 20.1. The highest BCUT2D eigenvalue weighted by molar-refractivity contribution is 6.96. The molecule has 0 heterocycles. The number of rotatable bonds is 5. The molecular weight excluding hydrogens is 244 g/mol. The standard InChI is InChI=1S/C18H25Si/c1-5-15(3)17-13-10-14-18(17)19(4,6-2)16-11-8-7-9-12-16/h7-15H,5-6H2,1-4H3. The Balaban J connectivity index is 2.37. The SMILES string of the molecule is CCC(C)C1=CC=C[C]1[Si](C)(CC)c1ccccc1. The molecule has 0 fully saturated rings. The highest BCUT2D eigenvalue weighted by Crippen LogP contribution is 2.38. The summed E-state index contributed by atoms with van der Waals surface area (Å²) in [4.78, 5) is 0. The molecule has 1 aliphatic carbocycles. The molecule has 0 aliphatic heterocycles. The number of hydrogen-bond donors (Lipinski definition) is 0. The molecule has 1 aromatic carbocycles. The molecule has 0 amide bonds. The molecule has 1 aromatic rings. The Labute approximate surface area is 119 Å². The van der Waals surface area contributed by atoms with Gasteiger partial charge in [0.15, 0.2) is 0 Å². The molecule has 0 bridgehead atoms. The van der Waals surface area contributed by atoms with Gasteiger partial charge >= 0.3 is 0 Å². The van der Waals surface area contributed by atoms with E-state index in [1.165, 1.54) is 12.5 Å². The summed E-state index contributed by atoms with van der Waals surface area (Å²) in [6.45, 7) is 9.51. The van der Waals surface area contributed by atoms with Crippen LogP contribution in [0, 0.1) is 11.5 Å². The summed E-state index contributed by atoms with van der Waals surface area (Å²) < 4.78 is 0. The minimum absolute atomic E-state index is 0.673.